The van der Waals surface area contributed by atoms with Crippen molar-refractivity contribution in [1.82, 2.24) is 14.9 Å². The number of methoxy groups -OCH3 is 1. The summed E-state index contributed by atoms with van der Waals surface area (Å²) in [5, 5.41) is 0. The van der Waals surface area contributed by atoms with Gasteiger partial charge in [0, 0.05) is 39.1 Å². The number of ether oxygens (including phenoxy) is 1. The van der Waals surface area contributed by atoms with Crippen LogP contribution in [0.5, 0.6) is 0 Å². The summed E-state index contributed by atoms with van der Waals surface area (Å²) in [5.74, 6) is -0.123. The van der Waals surface area contributed by atoms with Gasteiger partial charge in [-0.3, -0.25) is 14.8 Å². The maximum absolute atomic E-state index is 12.5. The highest BCUT2D eigenvalue weighted by molar-refractivity contribution is 6.04. The van der Waals surface area contributed by atoms with Gasteiger partial charge < -0.3 is 15.4 Å². The number of para-hydroxylation sites is 1. The molecule has 0 radical (unpaired) electrons. The van der Waals surface area contributed by atoms with Gasteiger partial charge in [0.1, 0.15) is 5.52 Å². The molecule has 1 aromatic heterocycles. The van der Waals surface area contributed by atoms with Gasteiger partial charge in [0.25, 0.3) is 5.91 Å². The molecule has 6 nitrogen and oxygen atoms in total. The van der Waals surface area contributed by atoms with Crippen molar-refractivity contribution in [3.63, 3.8) is 0 Å². The van der Waals surface area contributed by atoms with Crippen LogP contribution in [0, 0.1) is 0 Å². The van der Waals surface area contributed by atoms with E-state index in [1.807, 2.05) is 6.07 Å². The van der Waals surface area contributed by atoms with Crippen LogP contribution in [0.25, 0.3) is 11.0 Å². The van der Waals surface area contributed by atoms with Gasteiger partial charge in [-0.1, -0.05) is 6.07 Å². The summed E-state index contributed by atoms with van der Waals surface area (Å²) in [6.45, 7) is 0.830. The Morgan fingerprint density at radius 3 is 2.90 bits per heavy atom. The Balaban J connectivity index is 2.23. The molecule has 6 heteroatoms. The van der Waals surface area contributed by atoms with Crippen molar-refractivity contribution in [3.8, 4) is 0 Å². The van der Waals surface area contributed by atoms with Crippen molar-refractivity contribution in [1.29, 1.82) is 0 Å². The standard InChI is InChI=1S/C14H18N4O2/c1-18(8-10(15)9-20-2)14(19)11-4-3-5-12-13(11)17-7-6-16-12/h3-7,10H,8-9,15H2,1-2H3. The number of likely N-dealkylation sites (N-methyl/N-ethyl adjacent to an activating group) is 1. The zero-order chi connectivity index (χ0) is 14.5. The highest BCUT2D eigenvalue weighted by Crippen LogP contribution is 2.15. The van der Waals surface area contributed by atoms with Gasteiger partial charge >= 0.3 is 0 Å². The first kappa shape index (κ1) is 14.4. The summed E-state index contributed by atoms with van der Waals surface area (Å²) >= 11 is 0. The molecule has 20 heavy (non-hydrogen) atoms. The Kier molecular flexibility index (Phi) is 4.60. The minimum atomic E-state index is -0.213. The lowest BCUT2D eigenvalue weighted by molar-refractivity contribution is 0.0766. The number of nitrogens with two attached hydrogens (primary N) is 1. The molecule has 0 bridgehead atoms. The van der Waals surface area contributed by atoms with Gasteiger partial charge in [-0.15, -0.1) is 0 Å². The highest BCUT2D eigenvalue weighted by atomic mass is 16.5. The Morgan fingerprint density at radius 1 is 1.40 bits per heavy atom. The van der Waals surface area contributed by atoms with Crippen LogP contribution in [-0.2, 0) is 4.74 Å². The SMILES string of the molecule is COCC(N)CN(C)C(=O)c1cccc2nccnc12. The molecule has 0 fully saturated rings. The molecule has 106 valence electrons. The molecule has 0 saturated heterocycles. The lowest BCUT2D eigenvalue weighted by Gasteiger charge is -2.21. The first-order chi connectivity index (χ1) is 9.63. The minimum Gasteiger partial charge on any atom is -0.383 e. The number of amides is 1. The van der Waals surface area contributed by atoms with E-state index in [0.29, 0.717) is 29.7 Å². The summed E-state index contributed by atoms with van der Waals surface area (Å²) in [7, 11) is 3.30. The highest BCUT2D eigenvalue weighted by Gasteiger charge is 2.17. The predicted octanol–water partition coefficient (Wildman–Crippen LogP) is 0.675. The van der Waals surface area contributed by atoms with Gasteiger partial charge in [0.2, 0.25) is 0 Å². The van der Waals surface area contributed by atoms with Crippen LogP contribution in [0.1, 0.15) is 10.4 Å². The molecule has 2 rings (SSSR count). The Morgan fingerprint density at radius 2 is 2.15 bits per heavy atom. The normalized spacial score (nSPS) is 12.3. The monoisotopic (exact) mass is 274 g/mol. The van der Waals surface area contributed by atoms with E-state index >= 15 is 0 Å². The third-order valence-corrected chi connectivity index (χ3v) is 2.96. The lowest BCUT2D eigenvalue weighted by atomic mass is 10.1. The van der Waals surface area contributed by atoms with Crippen LogP contribution in [0.4, 0.5) is 0 Å². The van der Waals surface area contributed by atoms with Gasteiger partial charge in [0.15, 0.2) is 0 Å². The molecule has 0 spiro atoms. The molecule has 0 aliphatic rings. The largest absolute Gasteiger partial charge is 0.383 e. The van der Waals surface area contributed by atoms with Crippen molar-refractivity contribution in [2.24, 2.45) is 5.73 Å². The summed E-state index contributed by atoms with van der Waals surface area (Å²) in [5.41, 5.74) is 7.70. The fourth-order valence-electron chi connectivity index (χ4n) is 2.07. The molecule has 1 atom stereocenters. The zero-order valence-corrected chi connectivity index (χ0v) is 11.6. The van der Waals surface area contributed by atoms with Crippen molar-refractivity contribution < 1.29 is 9.53 Å². The van der Waals surface area contributed by atoms with Crippen LogP contribution in [-0.4, -0.2) is 54.1 Å². The Bertz CT molecular complexity index is 597. The van der Waals surface area contributed by atoms with Gasteiger partial charge in [0.05, 0.1) is 17.7 Å². The van der Waals surface area contributed by atoms with Crippen molar-refractivity contribution in [2.45, 2.75) is 6.04 Å². The summed E-state index contributed by atoms with van der Waals surface area (Å²) in [6, 6.07) is 5.16. The van der Waals surface area contributed by atoms with Gasteiger partial charge in [-0.2, -0.15) is 0 Å². The number of aromatic nitrogens is 2. The third-order valence-electron chi connectivity index (χ3n) is 2.96. The Hall–Kier alpha value is -2.05. The summed E-state index contributed by atoms with van der Waals surface area (Å²) < 4.78 is 4.97. The van der Waals surface area contributed by atoms with Gasteiger partial charge in [-0.25, -0.2) is 0 Å². The first-order valence-corrected chi connectivity index (χ1v) is 6.33. The summed E-state index contributed by atoms with van der Waals surface area (Å²) in [6.07, 6.45) is 3.19. The molecule has 2 N–H and O–H groups in total. The predicted molar refractivity (Wildman–Crippen MR) is 76.3 cm³/mol. The molecule has 1 amide bonds. The number of hydrogen-bond donors (Lipinski definition) is 1. The molecule has 0 saturated carbocycles. The molecule has 0 aliphatic carbocycles. The van der Waals surface area contributed by atoms with Crippen LogP contribution >= 0.6 is 0 Å². The summed E-state index contributed by atoms with van der Waals surface area (Å²) in [4.78, 5) is 22.5. The van der Waals surface area contributed by atoms with Crippen LogP contribution in [0.15, 0.2) is 30.6 Å². The number of carbonyl (C=O) groups excluding carboxylic acids is 1. The molecule has 1 unspecified atom stereocenters. The van der Waals surface area contributed by atoms with Gasteiger partial charge in [-0.05, 0) is 12.1 Å². The fourth-order valence-corrected chi connectivity index (χ4v) is 2.07. The second-order valence-electron chi connectivity index (χ2n) is 4.63. The van der Waals surface area contributed by atoms with E-state index in [1.165, 1.54) is 0 Å². The van der Waals surface area contributed by atoms with Crippen LogP contribution in [0.3, 0.4) is 0 Å². The maximum atomic E-state index is 12.5. The number of rotatable bonds is 5. The lowest BCUT2D eigenvalue weighted by Crippen LogP contribution is -2.41. The molecule has 1 heterocycles. The first-order valence-electron chi connectivity index (χ1n) is 6.33. The third kappa shape index (κ3) is 3.09. The molecule has 0 aliphatic heterocycles. The van der Waals surface area contributed by atoms with E-state index in [2.05, 4.69) is 9.97 Å². The van der Waals surface area contributed by atoms with E-state index in [-0.39, 0.29) is 11.9 Å². The van der Waals surface area contributed by atoms with E-state index < -0.39 is 0 Å². The second kappa shape index (κ2) is 6.40. The van der Waals surface area contributed by atoms with Crippen LogP contribution in [0.2, 0.25) is 0 Å². The molecule has 2 aromatic rings. The number of benzene rings is 1. The van der Waals surface area contributed by atoms with Crippen LogP contribution < -0.4 is 5.73 Å². The molecule has 1 aromatic carbocycles. The number of nitrogens with zero attached hydrogens (tertiary/aromatic N) is 3. The number of fused-ring (bicyclic) bond motifs is 1. The quantitative estimate of drug-likeness (QED) is 0.867. The smallest absolute Gasteiger partial charge is 0.255 e. The zero-order valence-electron chi connectivity index (χ0n) is 11.6. The van der Waals surface area contributed by atoms with E-state index in [9.17, 15) is 4.79 Å². The second-order valence-corrected chi connectivity index (χ2v) is 4.63. The fraction of sp³-hybridized carbons (Fsp3) is 0.357. The average molecular weight is 274 g/mol. The van der Waals surface area contributed by atoms with Crippen molar-refractivity contribution >= 4 is 16.9 Å². The van der Waals surface area contributed by atoms with E-state index in [1.54, 1.807) is 43.6 Å². The van der Waals surface area contributed by atoms with E-state index in [4.69, 9.17) is 10.5 Å². The minimum absolute atomic E-state index is 0.123. The maximum Gasteiger partial charge on any atom is 0.255 e. The van der Waals surface area contributed by atoms with Crippen molar-refractivity contribution in [2.75, 3.05) is 27.3 Å². The average Bonchev–Trinajstić information content (AvgIpc) is 2.46. The Labute approximate surface area is 117 Å². The van der Waals surface area contributed by atoms with Crippen molar-refractivity contribution in [3.05, 3.63) is 36.2 Å². The molecular formula is C14H18N4O2. The van der Waals surface area contributed by atoms with E-state index in [0.717, 1.165) is 0 Å². The number of hydrogen-bond acceptors (Lipinski definition) is 5. The molecular weight excluding hydrogens is 256 g/mol. The number of carbonyl (C=O) groups is 1. The topological polar surface area (TPSA) is 81.3 Å².